The van der Waals surface area contributed by atoms with E-state index < -0.39 is 0 Å². The van der Waals surface area contributed by atoms with E-state index in [2.05, 4.69) is 4.90 Å². The molecule has 28 heavy (non-hydrogen) atoms. The summed E-state index contributed by atoms with van der Waals surface area (Å²) in [7, 11) is 1.79. The minimum atomic E-state index is 0.0314. The average Bonchev–Trinajstić information content (AvgIpc) is 2.73. The fourth-order valence-electron chi connectivity index (χ4n) is 3.03. The third-order valence-electron chi connectivity index (χ3n) is 4.71. The second kappa shape index (κ2) is 8.95. The highest BCUT2D eigenvalue weighted by Gasteiger charge is 2.15. The number of carbonyl (C=O) groups excluding carboxylic acids is 1. The Bertz CT molecular complexity index is 914. The Hall–Kier alpha value is -3.47. The maximum Gasteiger partial charge on any atom is 0.228 e. The number of phenols is 1. The van der Waals surface area contributed by atoms with Gasteiger partial charge in [-0.1, -0.05) is 48.5 Å². The van der Waals surface area contributed by atoms with Gasteiger partial charge >= 0.3 is 0 Å². The maximum absolute atomic E-state index is 12.7. The molecule has 0 aliphatic carbocycles. The summed E-state index contributed by atoms with van der Waals surface area (Å²) < 4.78 is 0. The minimum Gasteiger partial charge on any atom is -0.506 e. The molecule has 0 spiro atoms. The molecule has 3 rings (SSSR count). The lowest BCUT2D eigenvalue weighted by atomic mass is 10.1. The number of nitrogen functional groups attached to an aromatic ring is 1. The van der Waals surface area contributed by atoms with Gasteiger partial charge in [0.1, 0.15) is 5.75 Å². The van der Waals surface area contributed by atoms with Crippen LogP contribution in [0.15, 0.2) is 78.9 Å². The lowest BCUT2D eigenvalue weighted by Crippen LogP contribution is -2.32. The molecule has 0 aromatic heterocycles. The number of nitrogens with two attached hydrogens (primary N) is 1. The molecule has 5 heteroatoms. The highest BCUT2D eigenvalue weighted by Crippen LogP contribution is 2.27. The molecule has 0 aliphatic heterocycles. The first-order valence-corrected chi connectivity index (χ1v) is 9.23. The van der Waals surface area contributed by atoms with Crippen LogP contribution in [0, 0.1) is 0 Å². The number of para-hydroxylation sites is 1. The molecule has 0 fully saturated rings. The molecular formula is C23H25N3O2. The van der Waals surface area contributed by atoms with Crippen molar-refractivity contribution in [3.05, 3.63) is 84.4 Å². The van der Waals surface area contributed by atoms with Crippen molar-refractivity contribution in [2.45, 2.75) is 13.0 Å². The van der Waals surface area contributed by atoms with E-state index >= 15 is 0 Å². The topological polar surface area (TPSA) is 69.8 Å². The SMILES string of the molecule is CN(C(=O)CCN(Cc1ccccc1)c1ccc(N)c(O)c1)c1ccccc1. The van der Waals surface area contributed by atoms with Crippen LogP contribution in [0.5, 0.6) is 5.75 Å². The number of rotatable bonds is 7. The van der Waals surface area contributed by atoms with Crippen LogP contribution in [0.3, 0.4) is 0 Å². The van der Waals surface area contributed by atoms with Crippen molar-refractivity contribution < 1.29 is 9.90 Å². The average molecular weight is 375 g/mol. The van der Waals surface area contributed by atoms with Gasteiger partial charge in [0.25, 0.3) is 0 Å². The smallest absolute Gasteiger partial charge is 0.228 e. The summed E-state index contributed by atoms with van der Waals surface area (Å²) in [4.78, 5) is 16.4. The molecule has 0 heterocycles. The van der Waals surface area contributed by atoms with E-state index in [0.29, 0.717) is 25.2 Å². The summed E-state index contributed by atoms with van der Waals surface area (Å²) in [6.07, 6.45) is 0.351. The van der Waals surface area contributed by atoms with Gasteiger partial charge in [0.2, 0.25) is 5.91 Å². The first-order valence-electron chi connectivity index (χ1n) is 9.23. The quantitative estimate of drug-likeness (QED) is 0.483. The van der Waals surface area contributed by atoms with Crippen LogP contribution in [0.4, 0.5) is 17.1 Å². The van der Waals surface area contributed by atoms with Crippen molar-refractivity contribution in [3.63, 3.8) is 0 Å². The zero-order valence-corrected chi connectivity index (χ0v) is 16.0. The second-order valence-corrected chi connectivity index (χ2v) is 6.69. The lowest BCUT2D eigenvalue weighted by molar-refractivity contribution is -0.118. The number of carbonyl (C=O) groups is 1. The summed E-state index contributed by atoms with van der Waals surface area (Å²) in [5, 5.41) is 10.0. The van der Waals surface area contributed by atoms with E-state index in [1.807, 2.05) is 66.7 Å². The molecule has 3 N–H and O–H groups in total. The number of amides is 1. The number of phenolic OH excluding ortho intramolecular Hbond substituents is 1. The van der Waals surface area contributed by atoms with Crippen LogP contribution in [0.2, 0.25) is 0 Å². The highest BCUT2D eigenvalue weighted by molar-refractivity contribution is 5.93. The van der Waals surface area contributed by atoms with Crippen molar-refractivity contribution in [2.24, 2.45) is 0 Å². The van der Waals surface area contributed by atoms with Gasteiger partial charge in [0.05, 0.1) is 5.69 Å². The molecule has 3 aromatic rings. The zero-order chi connectivity index (χ0) is 19.9. The summed E-state index contributed by atoms with van der Waals surface area (Å²) in [5.41, 5.74) is 8.89. The third-order valence-corrected chi connectivity index (χ3v) is 4.71. The van der Waals surface area contributed by atoms with Gasteiger partial charge in [0.15, 0.2) is 0 Å². The predicted octanol–water partition coefficient (Wildman–Crippen LogP) is 4.03. The van der Waals surface area contributed by atoms with Gasteiger partial charge in [-0.05, 0) is 29.8 Å². The molecule has 5 nitrogen and oxygen atoms in total. The molecule has 0 saturated heterocycles. The fraction of sp³-hybridized carbons (Fsp3) is 0.174. The van der Waals surface area contributed by atoms with Crippen LogP contribution < -0.4 is 15.5 Å². The van der Waals surface area contributed by atoms with E-state index in [1.165, 1.54) is 0 Å². The number of hydrogen-bond donors (Lipinski definition) is 2. The van der Waals surface area contributed by atoms with Gasteiger partial charge in [-0.25, -0.2) is 0 Å². The largest absolute Gasteiger partial charge is 0.506 e. The van der Waals surface area contributed by atoms with Crippen LogP contribution in [0.1, 0.15) is 12.0 Å². The Kier molecular flexibility index (Phi) is 6.17. The van der Waals surface area contributed by atoms with E-state index in [4.69, 9.17) is 5.73 Å². The third kappa shape index (κ3) is 4.82. The molecule has 144 valence electrons. The highest BCUT2D eigenvalue weighted by atomic mass is 16.3. The van der Waals surface area contributed by atoms with Crippen LogP contribution in [-0.4, -0.2) is 24.6 Å². The second-order valence-electron chi connectivity index (χ2n) is 6.69. The Morgan fingerprint density at radius 2 is 1.57 bits per heavy atom. The summed E-state index contributed by atoms with van der Waals surface area (Å²) >= 11 is 0. The Labute approximate surface area is 165 Å². The number of benzene rings is 3. The van der Waals surface area contributed by atoms with Crippen molar-refractivity contribution in [1.82, 2.24) is 0 Å². The molecule has 0 atom stereocenters. The minimum absolute atomic E-state index is 0.0314. The van der Waals surface area contributed by atoms with Gasteiger partial charge in [-0.15, -0.1) is 0 Å². The van der Waals surface area contributed by atoms with Crippen molar-refractivity contribution in [3.8, 4) is 5.75 Å². The first kappa shape index (κ1) is 19.3. The number of nitrogens with zero attached hydrogens (tertiary/aromatic N) is 2. The lowest BCUT2D eigenvalue weighted by Gasteiger charge is -2.26. The van der Waals surface area contributed by atoms with E-state index in [-0.39, 0.29) is 11.7 Å². The first-order chi connectivity index (χ1) is 13.5. The van der Waals surface area contributed by atoms with Crippen molar-refractivity contribution >= 4 is 23.0 Å². The van der Waals surface area contributed by atoms with Crippen molar-refractivity contribution in [2.75, 3.05) is 29.1 Å². The fourth-order valence-corrected chi connectivity index (χ4v) is 3.03. The Morgan fingerprint density at radius 1 is 0.929 bits per heavy atom. The maximum atomic E-state index is 12.7. The van der Waals surface area contributed by atoms with Crippen molar-refractivity contribution in [1.29, 1.82) is 0 Å². The molecule has 1 amide bonds. The van der Waals surface area contributed by atoms with E-state index in [1.54, 1.807) is 24.1 Å². The summed E-state index contributed by atoms with van der Waals surface area (Å²) in [5.74, 6) is 0.0761. The van der Waals surface area contributed by atoms with E-state index in [0.717, 1.165) is 16.9 Å². The van der Waals surface area contributed by atoms with Gasteiger partial charge < -0.3 is 20.6 Å². The standard InChI is InChI=1S/C23H25N3O2/c1-25(19-10-6-3-7-11-19)23(28)14-15-26(17-18-8-4-2-5-9-18)20-12-13-21(24)22(27)16-20/h2-13,16,27H,14-15,17,24H2,1H3. The number of hydrogen-bond acceptors (Lipinski definition) is 4. The van der Waals surface area contributed by atoms with Crippen LogP contribution in [-0.2, 0) is 11.3 Å². The van der Waals surface area contributed by atoms with Gasteiger partial charge in [-0.2, -0.15) is 0 Å². The number of anilines is 3. The van der Waals surface area contributed by atoms with Crippen LogP contribution >= 0.6 is 0 Å². The predicted molar refractivity (Wildman–Crippen MR) is 114 cm³/mol. The number of aromatic hydroxyl groups is 1. The molecule has 0 saturated carbocycles. The van der Waals surface area contributed by atoms with Crippen LogP contribution in [0.25, 0.3) is 0 Å². The Balaban J connectivity index is 1.75. The Morgan fingerprint density at radius 3 is 2.21 bits per heavy atom. The molecule has 3 aromatic carbocycles. The van der Waals surface area contributed by atoms with E-state index in [9.17, 15) is 9.90 Å². The molecule has 0 bridgehead atoms. The zero-order valence-electron chi connectivity index (χ0n) is 16.0. The van der Waals surface area contributed by atoms with Gasteiger partial charge in [-0.3, -0.25) is 4.79 Å². The molecule has 0 unspecified atom stereocenters. The monoisotopic (exact) mass is 375 g/mol. The summed E-state index contributed by atoms with van der Waals surface area (Å²) in [6.45, 7) is 1.15. The normalized spacial score (nSPS) is 10.5. The van der Waals surface area contributed by atoms with Gasteiger partial charge in [0, 0.05) is 44.0 Å². The molecular weight excluding hydrogens is 350 g/mol. The molecule has 0 aliphatic rings. The summed E-state index contributed by atoms with van der Waals surface area (Å²) in [6, 6.07) is 24.8. The molecule has 0 radical (unpaired) electrons.